The van der Waals surface area contributed by atoms with E-state index in [4.69, 9.17) is 33.8 Å². The summed E-state index contributed by atoms with van der Waals surface area (Å²) >= 11 is 0. The molecule has 4 aromatic carbocycles. The average Bonchev–Trinajstić information content (AvgIpc) is 3.79. The maximum atomic E-state index is 6.12. The van der Waals surface area contributed by atoms with Crippen molar-refractivity contribution in [2.24, 2.45) is 5.92 Å². The van der Waals surface area contributed by atoms with Gasteiger partial charge in [0.15, 0.2) is 11.2 Å². The van der Waals surface area contributed by atoms with Gasteiger partial charge in [0.25, 0.3) is 0 Å². The monoisotopic (exact) mass is 736 g/mol. The number of fused-ring (bicyclic) bond motifs is 2. The van der Waals surface area contributed by atoms with Crippen LogP contribution < -0.4 is 16.0 Å². The summed E-state index contributed by atoms with van der Waals surface area (Å²) in [5.41, 5.74) is 9.16. The van der Waals surface area contributed by atoms with E-state index in [9.17, 15) is 0 Å². The molecule has 10 nitrogen and oxygen atoms in total. The van der Waals surface area contributed by atoms with Crippen molar-refractivity contribution >= 4 is 51.4 Å². The zero-order valence-electron chi connectivity index (χ0n) is 33.2. The van der Waals surface area contributed by atoms with Crippen molar-refractivity contribution in [1.29, 1.82) is 0 Å². The fourth-order valence-corrected chi connectivity index (χ4v) is 6.43. The van der Waals surface area contributed by atoms with Gasteiger partial charge < -0.3 is 24.8 Å². The molecule has 7 rings (SSSR count). The second-order valence-corrected chi connectivity index (χ2v) is 16.4. The van der Waals surface area contributed by atoms with Gasteiger partial charge in [-0.3, -0.25) is 0 Å². The topological polar surface area (TPSA) is 127 Å². The summed E-state index contributed by atoms with van der Waals surface area (Å²) in [6.45, 7) is 18.4. The lowest BCUT2D eigenvalue weighted by Gasteiger charge is -2.18. The van der Waals surface area contributed by atoms with Crippen molar-refractivity contribution in [2.75, 3.05) is 22.5 Å². The molecule has 0 saturated carbocycles. The van der Waals surface area contributed by atoms with Crippen molar-refractivity contribution in [1.82, 2.24) is 24.9 Å². The molecule has 0 aliphatic heterocycles. The number of hydrogen-bond donors (Lipinski definition) is 3. The van der Waals surface area contributed by atoms with Gasteiger partial charge in [0.05, 0.1) is 0 Å². The fourth-order valence-electron chi connectivity index (χ4n) is 6.43. The summed E-state index contributed by atoms with van der Waals surface area (Å²) < 4.78 is 12.2. The zero-order chi connectivity index (χ0) is 38.7. The molecule has 0 spiro atoms. The third-order valence-electron chi connectivity index (χ3n) is 10.0. The molecule has 1 unspecified atom stereocenters. The number of rotatable bonds is 13. The van der Waals surface area contributed by atoms with Crippen LogP contribution in [0.15, 0.2) is 93.8 Å². The summed E-state index contributed by atoms with van der Waals surface area (Å²) in [6, 6.07) is 28.3. The Morgan fingerprint density at radius 1 is 0.564 bits per heavy atom. The van der Waals surface area contributed by atoms with E-state index in [0.29, 0.717) is 35.5 Å². The number of nitrogens with one attached hydrogen (secondary N) is 3. The van der Waals surface area contributed by atoms with Crippen LogP contribution in [0.2, 0.25) is 0 Å². The van der Waals surface area contributed by atoms with E-state index in [-0.39, 0.29) is 10.8 Å². The smallest absolute Gasteiger partial charge is 0.233 e. The van der Waals surface area contributed by atoms with Gasteiger partial charge in [0.1, 0.15) is 11.0 Å². The van der Waals surface area contributed by atoms with Gasteiger partial charge in [-0.15, -0.1) is 0 Å². The Labute approximate surface area is 323 Å². The molecule has 0 radical (unpaired) electrons. The summed E-state index contributed by atoms with van der Waals surface area (Å²) in [6.07, 6.45) is 4.63. The number of anilines is 5. The van der Waals surface area contributed by atoms with Crippen LogP contribution in [0.25, 0.3) is 45.1 Å². The van der Waals surface area contributed by atoms with E-state index in [0.717, 1.165) is 64.1 Å². The van der Waals surface area contributed by atoms with E-state index in [1.165, 1.54) is 24.0 Å². The van der Waals surface area contributed by atoms with Crippen LogP contribution in [0, 0.1) is 5.92 Å². The fraction of sp³-hybridized carbons (Fsp3) is 0.356. The Balaban J connectivity index is 1.10. The van der Waals surface area contributed by atoms with Gasteiger partial charge in [-0.05, 0) is 107 Å². The minimum Gasteiger partial charge on any atom is -0.436 e. The van der Waals surface area contributed by atoms with Crippen LogP contribution in [0.1, 0.15) is 92.2 Å². The molecule has 55 heavy (non-hydrogen) atoms. The molecule has 0 aliphatic rings. The molecular formula is C45H52N8O2. The predicted octanol–water partition coefficient (Wildman–Crippen LogP) is 12.2. The number of aromatic nitrogens is 5. The summed E-state index contributed by atoms with van der Waals surface area (Å²) in [7, 11) is 0. The lowest BCUT2D eigenvalue weighted by Crippen LogP contribution is -2.16. The largest absolute Gasteiger partial charge is 0.436 e. The first kappa shape index (κ1) is 37.5. The Morgan fingerprint density at radius 2 is 1.02 bits per heavy atom. The number of hydrogen-bond acceptors (Lipinski definition) is 10. The minimum absolute atomic E-state index is 0.0308. The minimum atomic E-state index is 0.0308. The molecule has 0 bridgehead atoms. The van der Waals surface area contributed by atoms with Crippen LogP contribution in [-0.2, 0) is 10.8 Å². The van der Waals surface area contributed by atoms with Crippen molar-refractivity contribution < 1.29 is 8.83 Å². The SMILES string of the molecule is CCCCC(CC)CNc1nc(Nc2ccc(-c3nc4cc(C(C)(C)C)ccc4o3)cc2)nc(Nc2ccc(-c3nc4cc(C(C)(C)C)ccc4o3)cc2)n1. The van der Waals surface area contributed by atoms with Gasteiger partial charge in [-0.2, -0.15) is 15.0 Å². The number of oxazole rings is 2. The van der Waals surface area contributed by atoms with Crippen LogP contribution in [0.5, 0.6) is 0 Å². The Hall–Kier alpha value is -5.77. The van der Waals surface area contributed by atoms with Gasteiger partial charge in [-0.25, -0.2) is 9.97 Å². The van der Waals surface area contributed by atoms with Crippen LogP contribution in [0.3, 0.4) is 0 Å². The Bertz CT molecular complexity index is 2230. The molecule has 7 aromatic rings. The number of unbranched alkanes of at least 4 members (excludes halogenated alkanes) is 1. The Kier molecular flexibility index (Phi) is 10.6. The highest BCUT2D eigenvalue weighted by atomic mass is 16.4. The standard InChI is InChI=1S/C45H52N8O2/c1-9-11-12-28(10-2)27-46-41-51-42(47-33-19-13-29(14-20-33)39-49-35-25-31(44(3,4)5)17-23-37(35)54-39)53-43(52-41)48-34-21-15-30(16-22-34)40-50-36-26-32(45(6,7)8)18-24-38(36)55-40/h13-26,28H,9-12,27H2,1-8H3,(H3,46,47,48,51,52,53). The maximum absolute atomic E-state index is 6.12. The molecule has 0 aliphatic carbocycles. The molecule has 3 aromatic heterocycles. The van der Waals surface area contributed by atoms with E-state index >= 15 is 0 Å². The first-order valence-corrected chi connectivity index (χ1v) is 19.4. The van der Waals surface area contributed by atoms with Gasteiger partial charge in [0, 0.05) is 29.0 Å². The first-order valence-electron chi connectivity index (χ1n) is 19.4. The molecule has 3 heterocycles. The first-order chi connectivity index (χ1) is 26.3. The third-order valence-corrected chi connectivity index (χ3v) is 10.0. The molecule has 0 saturated heterocycles. The second-order valence-electron chi connectivity index (χ2n) is 16.4. The molecule has 1 atom stereocenters. The molecule has 10 heteroatoms. The highest BCUT2D eigenvalue weighted by molar-refractivity contribution is 5.79. The lowest BCUT2D eigenvalue weighted by molar-refractivity contribution is 0.472. The molecule has 284 valence electrons. The Morgan fingerprint density at radius 3 is 1.44 bits per heavy atom. The second kappa shape index (κ2) is 15.5. The molecule has 3 N–H and O–H groups in total. The lowest BCUT2D eigenvalue weighted by atomic mass is 9.87. The van der Waals surface area contributed by atoms with Crippen molar-refractivity contribution in [3.8, 4) is 22.9 Å². The van der Waals surface area contributed by atoms with Gasteiger partial charge in [0.2, 0.25) is 29.6 Å². The molecule has 0 fully saturated rings. The number of nitrogens with zero attached hydrogens (tertiary/aromatic N) is 5. The van der Waals surface area contributed by atoms with Crippen LogP contribution in [-0.4, -0.2) is 31.5 Å². The predicted molar refractivity (Wildman–Crippen MR) is 224 cm³/mol. The van der Waals surface area contributed by atoms with Gasteiger partial charge in [-0.1, -0.05) is 86.8 Å². The van der Waals surface area contributed by atoms with Gasteiger partial charge >= 0.3 is 0 Å². The van der Waals surface area contributed by atoms with E-state index < -0.39 is 0 Å². The maximum Gasteiger partial charge on any atom is 0.233 e. The van der Waals surface area contributed by atoms with E-state index in [1.807, 2.05) is 60.7 Å². The van der Waals surface area contributed by atoms with E-state index in [2.05, 4.69) is 95.6 Å². The van der Waals surface area contributed by atoms with Crippen molar-refractivity contribution in [3.63, 3.8) is 0 Å². The summed E-state index contributed by atoms with van der Waals surface area (Å²) in [5, 5.41) is 10.2. The third kappa shape index (κ3) is 8.96. The zero-order valence-corrected chi connectivity index (χ0v) is 33.2. The summed E-state index contributed by atoms with van der Waals surface area (Å²) in [5.74, 6) is 3.04. The van der Waals surface area contributed by atoms with Crippen LogP contribution >= 0.6 is 0 Å². The van der Waals surface area contributed by atoms with Crippen LogP contribution in [0.4, 0.5) is 29.2 Å². The summed E-state index contributed by atoms with van der Waals surface area (Å²) in [4.78, 5) is 23.8. The van der Waals surface area contributed by atoms with Crippen molar-refractivity contribution in [3.05, 3.63) is 96.1 Å². The van der Waals surface area contributed by atoms with Crippen molar-refractivity contribution in [2.45, 2.75) is 91.9 Å². The van der Waals surface area contributed by atoms with E-state index in [1.54, 1.807) is 0 Å². The molecule has 0 amide bonds. The normalized spacial score (nSPS) is 12.7. The highest BCUT2D eigenvalue weighted by Gasteiger charge is 2.18. The molecular weight excluding hydrogens is 685 g/mol. The highest BCUT2D eigenvalue weighted by Crippen LogP contribution is 2.32. The number of benzene rings is 4. The quantitative estimate of drug-likeness (QED) is 0.105. The average molecular weight is 737 g/mol.